The van der Waals surface area contributed by atoms with Gasteiger partial charge in [-0.15, -0.1) is 6.58 Å². The van der Waals surface area contributed by atoms with E-state index in [0.29, 0.717) is 13.0 Å². The molecule has 3 N–H and O–H groups in total. The van der Waals surface area contributed by atoms with Gasteiger partial charge in [-0.2, -0.15) is 0 Å². The number of nitrogens with one attached hydrogen (secondary N) is 1. The van der Waals surface area contributed by atoms with Crippen LogP contribution in [-0.4, -0.2) is 77.4 Å². The van der Waals surface area contributed by atoms with Crippen molar-refractivity contribution < 1.29 is 19.8 Å². The summed E-state index contributed by atoms with van der Waals surface area (Å²) in [6, 6.07) is -1.56. The number of aliphatic hydroxyl groups excluding tert-OH is 1. The van der Waals surface area contributed by atoms with Crippen LogP contribution in [0.1, 0.15) is 12.8 Å². The highest BCUT2D eigenvalue weighted by molar-refractivity contribution is 5.83. The molecule has 0 aromatic heterocycles. The predicted molar refractivity (Wildman–Crippen MR) is 74.4 cm³/mol. The lowest BCUT2D eigenvalue weighted by Gasteiger charge is -2.28. The lowest BCUT2D eigenvalue weighted by atomic mass is 10.2. The minimum absolute atomic E-state index is 0.113. The molecule has 0 aromatic rings. The number of carboxylic acids is 1. The Morgan fingerprint density at radius 1 is 1.55 bits per heavy atom. The van der Waals surface area contributed by atoms with E-state index in [0.717, 1.165) is 0 Å². The molecule has 0 spiro atoms. The molecule has 0 bridgehead atoms. The van der Waals surface area contributed by atoms with E-state index in [2.05, 4.69) is 11.9 Å². The number of aliphatic carboxylic acids is 1. The third-order valence-electron chi connectivity index (χ3n) is 3.23. The zero-order valence-corrected chi connectivity index (χ0v) is 12.0. The third kappa shape index (κ3) is 4.50. The minimum atomic E-state index is -1.10. The number of nitrogens with zero attached hydrogens (tertiary/aromatic N) is 2. The summed E-state index contributed by atoms with van der Waals surface area (Å²) in [7, 11) is 3.77. The topological polar surface area (TPSA) is 93.1 Å². The monoisotopic (exact) mass is 285 g/mol. The van der Waals surface area contributed by atoms with Crippen LogP contribution < -0.4 is 5.32 Å². The second-order valence-electron chi connectivity index (χ2n) is 5.32. The van der Waals surface area contributed by atoms with Crippen LogP contribution in [-0.2, 0) is 4.79 Å². The van der Waals surface area contributed by atoms with E-state index in [1.54, 1.807) is 0 Å². The second kappa shape index (κ2) is 7.25. The summed E-state index contributed by atoms with van der Waals surface area (Å²) in [4.78, 5) is 26.6. The van der Waals surface area contributed by atoms with Crippen LogP contribution in [0, 0.1) is 0 Å². The Morgan fingerprint density at radius 2 is 2.20 bits per heavy atom. The van der Waals surface area contributed by atoms with Crippen LogP contribution in [0.25, 0.3) is 0 Å². The molecule has 1 fully saturated rings. The Morgan fingerprint density at radius 3 is 2.70 bits per heavy atom. The molecule has 0 radical (unpaired) electrons. The lowest BCUT2D eigenvalue weighted by Crippen LogP contribution is -2.51. The highest BCUT2D eigenvalue weighted by atomic mass is 16.4. The largest absolute Gasteiger partial charge is 0.480 e. The van der Waals surface area contributed by atoms with Crippen LogP contribution in [0.4, 0.5) is 4.79 Å². The first kappa shape index (κ1) is 16.5. The number of β-amino-alcohol motifs (C(OH)–C–C–N with tert-alkyl or cyclic N) is 1. The van der Waals surface area contributed by atoms with E-state index in [1.165, 1.54) is 11.0 Å². The normalized spacial score (nSPS) is 23.7. The number of carbonyl (C=O) groups excluding carboxylic acids is 1. The third-order valence-corrected chi connectivity index (χ3v) is 3.23. The molecular formula is C13H23N3O4. The summed E-state index contributed by atoms with van der Waals surface area (Å²) < 4.78 is 0. The number of carbonyl (C=O) groups is 2. The second-order valence-corrected chi connectivity index (χ2v) is 5.32. The molecule has 3 unspecified atom stereocenters. The molecule has 1 aliphatic heterocycles. The highest BCUT2D eigenvalue weighted by Gasteiger charge is 2.35. The van der Waals surface area contributed by atoms with Crippen LogP contribution in [0.3, 0.4) is 0 Å². The predicted octanol–water partition coefficient (Wildman–Crippen LogP) is -0.278. The summed E-state index contributed by atoms with van der Waals surface area (Å²) in [5.74, 6) is -1.10. The van der Waals surface area contributed by atoms with E-state index in [-0.39, 0.29) is 19.0 Å². The average molecular weight is 285 g/mol. The Balaban J connectivity index is 2.68. The molecule has 114 valence electrons. The molecule has 1 saturated heterocycles. The SMILES string of the molecule is C=CCC(NC(=O)N1CC(O)CC1CN(C)C)C(=O)O. The molecule has 1 rings (SSSR count). The van der Waals surface area contributed by atoms with Crippen molar-refractivity contribution in [3.8, 4) is 0 Å². The van der Waals surface area contributed by atoms with Crippen molar-refractivity contribution >= 4 is 12.0 Å². The van der Waals surface area contributed by atoms with Gasteiger partial charge in [0.25, 0.3) is 0 Å². The van der Waals surface area contributed by atoms with Gasteiger partial charge < -0.3 is 25.3 Å². The van der Waals surface area contributed by atoms with Gasteiger partial charge in [0.05, 0.1) is 6.10 Å². The Labute approximate surface area is 118 Å². The van der Waals surface area contributed by atoms with Gasteiger partial charge in [0.2, 0.25) is 0 Å². The van der Waals surface area contributed by atoms with Crippen molar-refractivity contribution in [3.63, 3.8) is 0 Å². The molecule has 1 heterocycles. The first-order valence-electron chi connectivity index (χ1n) is 6.58. The number of likely N-dealkylation sites (N-methyl/N-ethyl adjacent to an activating group) is 1. The van der Waals surface area contributed by atoms with Crippen molar-refractivity contribution in [3.05, 3.63) is 12.7 Å². The van der Waals surface area contributed by atoms with Crippen molar-refractivity contribution in [1.82, 2.24) is 15.1 Å². The van der Waals surface area contributed by atoms with E-state index in [9.17, 15) is 14.7 Å². The average Bonchev–Trinajstić information content (AvgIpc) is 2.68. The van der Waals surface area contributed by atoms with Crippen molar-refractivity contribution in [2.45, 2.75) is 31.0 Å². The fourth-order valence-corrected chi connectivity index (χ4v) is 2.36. The fourth-order valence-electron chi connectivity index (χ4n) is 2.36. The number of carboxylic acid groups (broad SMARTS) is 1. The van der Waals surface area contributed by atoms with E-state index >= 15 is 0 Å². The van der Waals surface area contributed by atoms with E-state index in [4.69, 9.17) is 5.11 Å². The zero-order chi connectivity index (χ0) is 15.3. The quantitative estimate of drug-likeness (QED) is 0.584. The van der Waals surface area contributed by atoms with Gasteiger partial charge in [-0.05, 0) is 26.9 Å². The lowest BCUT2D eigenvalue weighted by molar-refractivity contribution is -0.139. The maximum atomic E-state index is 12.2. The fraction of sp³-hybridized carbons (Fsp3) is 0.692. The van der Waals surface area contributed by atoms with E-state index in [1.807, 2.05) is 19.0 Å². The van der Waals surface area contributed by atoms with Gasteiger partial charge in [-0.1, -0.05) is 6.08 Å². The van der Waals surface area contributed by atoms with Gasteiger partial charge in [0.15, 0.2) is 0 Å². The van der Waals surface area contributed by atoms with Crippen molar-refractivity contribution in [1.29, 1.82) is 0 Å². The number of hydrogen-bond acceptors (Lipinski definition) is 4. The molecule has 1 aliphatic rings. The molecule has 0 aromatic carbocycles. The highest BCUT2D eigenvalue weighted by Crippen LogP contribution is 2.18. The number of urea groups is 1. The summed E-state index contributed by atoms with van der Waals surface area (Å²) >= 11 is 0. The number of aliphatic hydroxyl groups is 1. The van der Waals surface area contributed by atoms with Crippen molar-refractivity contribution in [2.24, 2.45) is 0 Å². The number of hydrogen-bond donors (Lipinski definition) is 3. The maximum Gasteiger partial charge on any atom is 0.326 e. The number of amides is 2. The Kier molecular flexibility index (Phi) is 5.97. The molecule has 0 saturated carbocycles. The van der Waals surface area contributed by atoms with Crippen LogP contribution in [0.5, 0.6) is 0 Å². The van der Waals surface area contributed by atoms with Gasteiger partial charge in [-0.3, -0.25) is 0 Å². The van der Waals surface area contributed by atoms with Crippen LogP contribution >= 0.6 is 0 Å². The smallest absolute Gasteiger partial charge is 0.326 e. The molecule has 7 nitrogen and oxygen atoms in total. The van der Waals surface area contributed by atoms with Crippen LogP contribution in [0.15, 0.2) is 12.7 Å². The maximum absolute atomic E-state index is 12.2. The van der Waals surface area contributed by atoms with E-state index < -0.39 is 24.1 Å². The first-order chi connectivity index (χ1) is 9.35. The van der Waals surface area contributed by atoms with Crippen molar-refractivity contribution in [2.75, 3.05) is 27.2 Å². The standard InChI is InChI=1S/C13H23N3O4/c1-4-5-11(12(18)19)14-13(20)16-8-10(17)6-9(16)7-15(2)3/h4,9-11,17H,1,5-8H2,2-3H3,(H,14,20)(H,18,19). The number of likely N-dealkylation sites (tertiary alicyclic amines) is 1. The summed E-state index contributed by atoms with van der Waals surface area (Å²) in [6.45, 7) is 4.33. The molecule has 3 atom stereocenters. The molecular weight excluding hydrogens is 262 g/mol. The van der Waals surface area contributed by atoms with Crippen LogP contribution in [0.2, 0.25) is 0 Å². The molecule has 2 amide bonds. The zero-order valence-electron chi connectivity index (χ0n) is 12.0. The summed E-state index contributed by atoms with van der Waals surface area (Å²) in [6.07, 6.45) is 1.56. The summed E-state index contributed by atoms with van der Waals surface area (Å²) in [5, 5.41) is 21.2. The Bertz CT molecular complexity index is 373. The van der Waals surface area contributed by atoms with Gasteiger partial charge >= 0.3 is 12.0 Å². The molecule has 20 heavy (non-hydrogen) atoms. The Hall–Kier alpha value is -1.60. The van der Waals surface area contributed by atoms with Gasteiger partial charge in [0, 0.05) is 19.1 Å². The first-order valence-corrected chi connectivity index (χ1v) is 6.58. The molecule has 7 heteroatoms. The molecule has 0 aliphatic carbocycles. The van der Waals surface area contributed by atoms with Gasteiger partial charge in [-0.25, -0.2) is 9.59 Å². The minimum Gasteiger partial charge on any atom is -0.480 e. The summed E-state index contributed by atoms with van der Waals surface area (Å²) in [5.41, 5.74) is 0. The van der Waals surface area contributed by atoms with Gasteiger partial charge in [0.1, 0.15) is 6.04 Å². The number of rotatable bonds is 6.